The molecule has 0 aromatic rings. The van der Waals surface area contributed by atoms with Crippen molar-refractivity contribution in [2.75, 3.05) is 6.54 Å². The Labute approximate surface area is 75.9 Å². The van der Waals surface area contributed by atoms with Crippen molar-refractivity contribution in [3.8, 4) is 0 Å². The van der Waals surface area contributed by atoms with Gasteiger partial charge in [-0.05, 0) is 31.7 Å². The van der Waals surface area contributed by atoms with Gasteiger partial charge in [-0.2, -0.15) is 13.2 Å². The van der Waals surface area contributed by atoms with Crippen LogP contribution in [0.2, 0.25) is 0 Å². The van der Waals surface area contributed by atoms with E-state index in [0.29, 0.717) is 25.8 Å². The monoisotopic (exact) mass is 203 g/mol. The highest BCUT2D eigenvalue weighted by Gasteiger charge is 2.48. The summed E-state index contributed by atoms with van der Waals surface area (Å²) < 4.78 is 36.1. The molecule has 1 saturated carbocycles. The molecule has 1 nitrogen and oxygen atoms in total. The quantitative estimate of drug-likeness (QED) is 0.733. The molecule has 1 rings (SSSR count). The molecule has 5 heteroatoms. The van der Waals surface area contributed by atoms with Gasteiger partial charge in [0.15, 0.2) is 0 Å². The van der Waals surface area contributed by atoms with Gasteiger partial charge in [-0.15, -0.1) is 12.4 Å². The Morgan fingerprint density at radius 3 is 2.08 bits per heavy atom. The van der Waals surface area contributed by atoms with Gasteiger partial charge in [0.25, 0.3) is 0 Å². The molecule has 1 fully saturated rings. The minimum absolute atomic E-state index is 0. The molecule has 0 heterocycles. The minimum atomic E-state index is -3.99. The first-order valence-electron chi connectivity index (χ1n) is 3.82. The van der Waals surface area contributed by atoms with Crippen LogP contribution < -0.4 is 5.73 Å². The number of hydrogen-bond acceptors (Lipinski definition) is 1. The highest BCUT2D eigenvalue weighted by molar-refractivity contribution is 5.85. The van der Waals surface area contributed by atoms with E-state index in [1.54, 1.807) is 0 Å². The fourth-order valence-electron chi connectivity index (χ4n) is 1.56. The third kappa shape index (κ3) is 2.52. The van der Waals surface area contributed by atoms with Crippen molar-refractivity contribution in [2.45, 2.75) is 25.4 Å². The van der Waals surface area contributed by atoms with Crippen molar-refractivity contribution in [1.82, 2.24) is 0 Å². The maximum Gasteiger partial charge on any atom is 0.392 e. The average Bonchev–Trinajstić information content (AvgIpc) is 1.75. The van der Waals surface area contributed by atoms with Crippen LogP contribution >= 0.6 is 12.4 Å². The van der Waals surface area contributed by atoms with E-state index in [1.807, 2.05) is 0 Å². The Hall–Kier alpha value is 0.0400. The summed E-state index contributed by atoms with van der Waals surface area (Å²) >= 11 is 0. The van der Waals surface area contributed by atoms with Crippen LogP contribution in [0.1, 0.15) is 19.3 Å². The molecule has 1 aliphatic rings. The van der Waals surface area contributed by atoms with Gasteiger partial charge >= 0.3 is 6.18 Å². The molecule has 0 aromatic carbocycles. The van der Waals surface area contributed by atoms with Gasteiger partial charge in [0.05, 0.1) is 5.92 Å². The SMILES string of the molecule is Cl.NCC[C@H]1CC[C@@H]1C(F)(F)F. The summed E-state index contributed by atoms with van der Waals surface area (Å²) in [6, 6.07) is 0. The minimum Gasteiger partial charge on any atom is -0.330 e. The Morgan fingerprint density at radius 1 is 1.25 bits per heavy atom. The first kappa shape index (κ1) is 12.0. The van der Waals surface area contributed by atoms with E-state index < -0.39 is 12.1 Å². The maximum absolute atomic E-state index is 12.0. The molecule has 2 N–H and O–H groups in total. The lowest BCUT2D eigenvalue weighted by Gasteiger charge is -2.37. The topological polar surface area (TPSA) is 26.0 Å². The smallest absolute Gasteiger partial charge is 0.330 e. The van der Waals surface area contributed by atoms with Crippen LogP contribution in [0.5, 0.6) is 0 Å². The van der Waals surface area contributed by atoms with Crippen molar-refractivity contribution in [1.29, 1.82) is 0 Å². The molecule has 0 unspecified atom stereocenters. The molecule has 2 atom stereocenters. The van der Waals surface area contributed by atoms with Gasteiger partial charge < -0.3 is 5.73 Å². The Kier molecular flexibility index (Phi) is 4.34. The zero-order chi connectivity index (χ0) is 8.48. The fraction of sp³-hybridized carbons (Fsp3) is 1.00. The van der Waals surface area contributed by atoms with E-state index >= 15 is 0 Å². The average molecular weight is 204 g/mol. The zero-order valence-corrected chi connectivity index (χ0v) is 7.42. The molecule has 0 saturated heterocycles. The third-order valence-corrected chi connectivity index (χ3v) is 2.38. The second kappa shape index (κ2) is 4.33. The summed E-state index contributed by atoms with van der Waals surface area (Å²) in [5.74, 6) is -1.26. The number of halogens is 4. The summed E-state index contributed by atoms with van der Waals surface area (Å²) in [5.41, 5.74) is 5.18. The molecule has 1 aliphatic carbocycles. The van der Waals surface area contributed by atoms with E-state index in [1.165, 1.54) is 0 Å². The highest BCUT2D eigenvalue weighted by Crippen LogP contribution is 2.46. The van der Waals surface area contributed by atoms with Gasteiger partial charge in [-0.25, -0.2) is 0 Å². The predicted molar refractivity (Wildman–Crippen MR) is 43.2 cm³/mol. The van der Waals surface area contributed by atoms with Crippen LogP contribution in [0.4, 0.5) is 13.2 Å². The fourth-order valence-corrected chi connectivity index (χ4v) is 1.56. The van der Waals surface area contributed by atoms with E-state index in [2.05, 4.69) is 0 Å². The highest BCUT2D eigenvalue weighted by atomic mass is 35.5. The van der Waals surface area contributed by atoms with Crippen LogP contribution in [0.25, 0.3) is 0 Å². The molecule has 0 spiro atoms. The number of alkyl halides is 3. The van der Waals surface area contributed by atoms with Gasteiger partial charge in [0.1, 0.15) is 0 Å². The van der Waals surface area contributed by atoms with E-state index in [0.717, 1.165) is 0 Å². The summed E-state index contributed by atoms with van der Waals surface area (Å²) in [6.07, 6.45) is -2.47. The Bertz CT molecular complexity index is 137. The van der Waals surface area contributed by atoms with Crippen LogP contribution in [0.3, 0.4) is 0 Å². The van der Waals surface area contributed by atoms with Gasteiger partial charge in [0.2, 0.25) is 0 Å². The normalized spacial score (nSPS) is 29.0. The van der Waals surface area contributed by atoms with Crippen LogP contribution in [0.15, 0.2) is 0 Å². The molecule has 12 heavy (non-hydrogen) atoms. The first-order valence-corrected chi connectivity index (χ1v) is 3.82. The van der Waals surface area contributed by atoms with E-state index in [-0.39, 0.29) is 18.3 Å². The second-order valence-electron chi connectivity index (χ2n) is 3.06. The number of hydrogen-bond donors (Lipinski definition) is 1. The second-order valence-corrected chi connectivity index (χ2v) is 3.06. The first-order chi connectivity index (χ1) is 5.05. The molecule has 0 aromatic heterocycles. The summed E-state index contributed by atoms with van der Waals surface area (Å²) in [6.45, 7) is 0.372. The van der Waals surface area contributed by atoms with Gasteiger partial charge in [0, 0.05) is 0 Å². The molecule has 0 radical (unpaired) electrons. The predicted octanol–water partition coefficient (Wildman–Crippen LogP) is 2.35. The Morgan fingerprint density at radius 2 is 1.83 bits per heavy atom. The maximum atomic E-state index is 12.0. The zero-order valence-electron chi connectivity index (χ0n) is 6.60. The van der Waals surface area contributed by atoms with Crippen molar-refractivity contribution in [2.24, 2.45) is 17.6 Å². The number of rotatable bonds is 2. The summed E-state index contributed by atoms with van der Waals surface area (Å²) in [4.78, 5) is 0. The molecule has 0 amide bonds. The van der Waals surface area contributed by atoms with Crippen LogP contribution in [-0.4, -0.2) is 12.7 Å². The third-order valence-electron chi connectivity index (χ3n) is 2.38. The lowest BCUT2D eigenvalue weighted by Crippen LogP contribution is -2.39. The molecule has 0 aliphatic heterocycles. The summed E-state index contributed by atoms with van der Waals surface area (Å²) in [5, 5.41) is 0. The number of nitrogens with two attached hydrogens (primary N) is 1. The molecule has 74 valence electrons. The van der Waals surface area contributed by atoms with Gasteiger partial charge in [-0.3, -0.25) is 0 Å². The molecular weight excluding hydrogens is 191 g/mol. The Balaban J connectivity index is 0.00000121. The lowest BCUT2D eigenvalue weighted by molar-refractivity contribution is -0.213. The lowest BCUT2D eigenvalue weighted by atomic mass is 9.71. The van der Waals surface area contributed by atoms with E-state index in [9.17, 15) is 13.2 Å². The van der Waals surface area contributed by atoms with Crippen molar-refractivity contribution in [3.05, 3.63) is 0 Å². The van der Waals surface area contributed by atoms with Crippen molar-refractivity contribution < 1.29 is 13.2 Å². The van der Waals surface area contributed by atoms with E-state index in [4.69, 9.17) is 5.73 Å². The van der Waals surface area contributed by atoms with Crippen molar-refractivity contribution in [3.63, 3.8) is 0 Å². The largest absolute Gasteiger partial charge is 0.392 e. The molecular formula is C7H13ClF3N. The van der Waals surface area contributed by atoms with Gasteiger partial charge in [-0.1, -0.05) is 0 Å². The van der Waals surface area contributed by atoms with Crippen molar-refractivity contribution >= 4 is 12.4 Å². The van der Waals surface area contributed by atoms with Crippen LogP contribution in [-0.2, 0) is 0 Å². The summed E-state index contributed by atoms with van der Waals surface area (Å²) in [7, 11) is 0. The molecule has 0 bridgehead atoms. The van der Waals surface area contributed by atoms with Crippen LogP contribution in [0, 0.1) is 11.8 Å². The standard InChI is InChI=1S/C7H12F3N.ClH/c8-7(9,10)6-2-1-5(6)3-4-11;/h5-6H,1-4,11H2;1H/t5-,6+;/m1./s1.